The highest BCUT2D eigenvalue weighted by Crippen LogP contribution is 2.19. The number of para-hydroxylation sites is 1. The number of benzene rings is 1. The van der Waals surface area contributed by atoms with Crippen molar-refractivity contribution in [2.45, 2.75) is 6.92 Å². The lowest BCUT2D eigenvalue weighted by atomic mass is 10.2. The summed E-state index contributed by atoms with van der Waals surface area (Å²) in [6, 6.07) is 9.76. The van der Waals surface area contributed by atoms with Crippen molar-refractivity contribution in [3.05, 3.63) is 48.3 Å². The van der Waals surface area contributed by atoms with Gasteiger partial charge in [0.05, 0.1) is 12.2 Å². The highest BCUT2D eigenvalue weighted by Gasteiger charge is 2.26. The second kappa shape index (κ2) is 8.48. The molecule has 0 radical (unpaired) electrons. The zero-order valence-corrected chi connectivity index (χ0v) is 15.5. The van der Waals surface area contributed by atoms with Crippen molar-refractivity contribution in [1.29, 1.82) is 0 Å². The molecule has 2 amide bonds. The Kier molecular flexibility index (Phi) is 5.85. The summed E-state index contributed by atoms with van der Waals surface area (Å²) >= 11 is 0. The smallest absolute Gasteiger partial charge is 0.409 e. The Bertz CT molecular complexity index is 774. The molecular weight excluding hydrogens is 346 g/mol. The van der Waals surface area contributed by atoms with Crippen LogP contribution in [0.4, 0.5) is 16.4 Å². The van der Waals surface area contributed by atoms with Gasteiger partial charge in [-0.15, -0.1) is 0 Å². The van der Waals surface area contributed by atoms with Crippen LogP contribution in [0.25, 0.3) is 0 Å². The monoisotopic (exact) mass is 369 g/mol. The number of aromatic nitrogens is 2. The maximum absolute atomic E-state index is 12.7. The number of piperazine rings is 1. The van der Waals surface area contributed by atoms with Crippen LogP contribution in [-0.4, -0.2) is 71.6 Å². The highest BCUT2D eigenvalue weighted by molar-refractivity contribution is 5.94. The summed E-state index contributed by atoms with van der Waals surface area (Å²) in [6.45, 7) is 3.96. The summed E-state index contributed by atoms with van der Waals surface area (Å²) in [5.41, 5.74) is 1.40. The molecule has 1 saturated heterocycles. The van der Waals surface area contributed by atoms with Gasteiger partial charge < -0.3 is 19.4 Å². The van der Waals surface area contributed by atoms with Crippen molar-refractivity contribution in [2.75, 3.05) is 44.7 Å². The zero-order chi connectivity index (χ0) is 19.2. The van der Waals surface area contributed by atoms with Crippen molar-refractivity contribution in [2.24, 2.45) is 0 Å². The van der Waals surface area contributed by atoms with E-state index in [0.29, 0.717) is 44.3 Å². The molecule has 1 aromatic carbocycles. The van der Waals surface area contributed by atoms with E-state index in [0.717, 1.165) is 5.69 Å². The zero-order valence-electron chi connectivity index (χ0n) is 15.5. The van der Waals surface area contributed by atoms with Gasteiger partial charge in [-0.3, -0.25) is 4.79 Å². The van der Waals surface area contributed by atoms with Gasteiger partial charge in [-0.05, 0) is 19.1 Å². The lowest BCUT2D eigenvalue weighted by molar-refractivity contribution is 0.0570. The van der Waals surface area contributed by atoms with Crippen LogP contribution < -0.4 is 4.90 Å². The molecule has 0 saturated carbocycles. The van der Waals surface area contributed by atoms with Crippen molar-refractivity contribution in [3.63, 3.8) is 0 Å². The van der Waals surface area contributed by atoms with Crippen LogP contribution in [0.3, 0.4) is 0 Å². The molecule has 2 heterocycles. The van der Waals surface area contributed by atoms with Gasteiger partial charge in [0.2, 0.25) is 5.95 Å². The van der Waals surface area contributed by atoms with E-state index in [1.165, 1.54) is 0 Å². The van der Waals surface area contributed by atoms with Crippen LogP contribution in [-0.2, 0) is 4.74 Å². The van der Waals surface area contributed by atoms with Gasteiger partial charge >= 0.3 is 6.09 Å². The fourth-order valence-corrected chi connectivity index (χ4v) is 2.86. The van der Waals surface area contributed by atoms with E-state index < -0.39 is 0 Å². The van der Waals surface area contributed by atoms with Crippen molar-refractivity contribution in [3.8, 4) is 0 Å². The molecule has 1 aromatic heterocycles. The molecule has 1 aliphatic heterocycles. The topological polar surface area (TPSA) is 78.9 Å². The summed E-state index contributed by atoms with van der Waals surface area (Å²) < 4.78 is 4.99. The Morgan fingerprint density at radius 1 is 1.04 bits per heavy atom. The van der Waals surface area contributed by atoms with Crippen LogP contribution in [0.2, 0.25) is 0 Å². The van der Waals surface area contributed by atoms with Crippen LogP contribution in [0.1, 0.15) is 17.3 Å². The number of carbonyl (C=O) groups excluding carboxylic acids is 2. The Morgan fingerprint density at radius 2 is 1.63 bits per heavy atom. The second-order valence-corrected chi connectivity index (χ2v) is 6.14. The predicted octanol–water partition coefficient (Wildman–Crippen LogP) is 2.16. The predicted molar refractivity (Wildman–Crippen MR) is 101 cm³/mol. The number of hydrogen-bond donors (Lipinski definition) is 0. The molecule has 2 aromatic rings. The summed E-state index contributed by atoms with van der Waals surface area (Å²) in [5, 5.41) is 0. The van der Waals surface area contributed by atoms with E-state index in [1.807, 2.05) is 42.3 Å². The minimum atomic E-state index is -0.332. The molecule has 3 rings (SSSR count). The normalized spacial score (nSPS) is 14.0. The van der Waals surface area contributed by atoms with Crippen LogP contribution >= 0.6 is 0 Å². The Morgan fingerprint density at radius 3 is 2.22 bits per heavy atom. The molecule has 27 heavy (non-hydrogen) atoms. The third-order valence-corrected chi connectivity index (χ3v) is 4.42. The molecule has 0 atom stereocenters. The third-order valence-electron chi connectivity index (χ3n) is 4.42. The largest absolute Gasteiger partial charge is 0.450 e. The number of ether oxygens (including phenoxy) is 1. The molecule has 8 heteroatoms. The van der Waals surface area contributed by atoms with E-state index in [2.05, 4.69) is 9.97 Å². The Balaban J connectivity index is 1.61. The Hall–Kier alpha value is -3.16. The summed E-state index contributed by atoms with van der Waals surface area (Å²) in [7, 11) is 1.88. The first-order chi connectivity index (χ1) is 13.1. The van der Waals surface area contributed by atoms with Gasteiger partial charge in [-0.1, -0.05) is 18.2 Å². The SMILES string of the molecule is CCOC(=O)N1CCN(C(=O)c2cnc(N(C)c3ccccc3)nc2)CC1. The van der Waals surface area contributed by atoms with Crippen molar-refractivity contribution >= 4 is 23.6 Å². The standard InChI is InChI=1S/C19H23N5O3/c1-3-27-19(26)24-11-9-23(10-12-24)17(25)15-13-20-18(21-14-15)22(2)16-7-5-4-6-8-16/h4-8,13-14H,3,9-12H2,1-2H3. The number of anilines is 2. The van der Waals surface area contributed by atoms with E-state index >= 15 is 0 Å². The molecule has 0 spiro atoms. The molecule has 142 valence electrons. The van der Waals surface area contributed by atoms with Crippen LogP contribution in [0, 0.1) is 0 Å². The summed E-state index contributed by atoms with van der Waals surface area (Å²) in [4.78, 5) is 38.2. The molecule has 1 aliphatic rings. The van der Waals surface area contributed by atoms with Crippen molar-refractivity contribution < 1.29 is 14.3 Å². The minimum Gasteiger partial charge on any atom is -0.450 e. The highest BCUT2D eigenvalue weighted by atomic mass is 16.6. The van der Waals surface area contributed by atoms with Gasteiger partial charge in [0.15, 0.2) is 0 Å². The maximum Gasteiger partial charge on any atom is 0.409 e. The molecule has 0 aliphatic carbocycles. The molecule has 0 bridgehead atoms. The second-order valence-electron chi connectivity index (χ2n) is 6.14. The molecule has 8 nitrogen and oxygen atoms in total. The fraction of sp³-hybridized carbons (Fsp3) is 0.368. The first-order valence-corrected chi connectivity index (χ1v) is 8.92. The van der Waals surface area contributed by atoms with E-state index in [-0.39, 0.29) is 12.0 Å². The van der Waals surface area contributed by atoms with E-state index in [4.69, 9.17) is 4.74 Å². The number of nitrogens with zero attached hydrogens (tertiary/aromatic N) is 5. The molecule has 0 N–H and O–H groups in total. The average molecular weight is 369 g/mol. The quantitative estimate of drug-likeness (QED) is 0.822. The van der Waals surface area contributed by atoms with Crippen molar-refractivity contribution in [1.82, 2.24) is 19.8 Å². The number of rotatable bonds is 4. The van der Waals surface area contributed by atoms with Gasteiger partial charge in [0.1, 0.15) is 0 Å². The first kappa shape index (κ1) is 18.6. The summed E-state index contributed by atoms with van der Waals surface area (Å²) in [5.74, 6) is 0.386. The van der Waals surface area contributed by atoms with Gasteiger partial charge in [0.25, 0.3) is 5.91 Å². The number of carbonyl (C=O) groups is 2. The van der Waals surface area contributed by atoms with E-state index in [9.17, 15) is 9.59 Å². The van der Waals surface area contributed by atoms with Gasteiger partial charge in [0, 0.05) is 51.3 Å². The molecule has 0 unspecified atom stereocenters. The number of amides is 2. The summed E-state index contributed by atoms with van der Waals surface area (Å²) in [6.07, 6.45) is 2.75. The van der Waals surface area contributed by atoms with Gasteiger partial charge in [-0.25, -0.2) is 14.8 Å². The van der Waals surface area contributed by atoms with Gasteiger partial charge in [-0.2, -0.15) is 0 Å². The lowest BCUT2D eigenvalue weighted by Gasteiger charge is -2.34. The Labute approximate surface area is 158 Å². The number of hydrogen-bond acceptors (Lipinski definition) is 6. The van der Waals surface area contributed by atoms with E-state index in [1.54, 1.807) is 29.1 Å². The first-order valence-electron chi connectivity index (χ1n) is 8.92. The maximum atomic E-state index is 12.7. The lowest BCUT2D eigenvalue weighted by Crippen LogP contribution is -2.50. The average Bonchev–Trinajstić information content (AvgIpc) is 2.74. The van der Waals surface area contributed by atoms with Crippen LogP contribution in [0.5, 0.6) is 0 Å². The minimum absolute atomic E-state index is 0.132. The van der Waals surface area contributed by atoms with Crippen LogP contribution in [0.15, 0.2) is 42.7 Å². The molecule has 1 fully saturated rings. The molecular formula is C19H23N5O3. The third kappa shape index (κ3) is 4.33. The fourth-order valence-electron chi connectivity index (χ4n) is 2.86.